The van der Waals surface area contributed by atoms with Crippen molar-refractivity contribution in [1.82, 2.24) is 0 Å². The van der Waals surface area contributed by atoms with E-state index in [1.165, 1.54) is 69.8 Å². The number of ether oxygens (including phenoxy) is 2. The van der Waals surface area contributed by atoms with E-state index in [1.54, 1.807) is 36.4 Å². The molecule has 0 N–H and O–H groups in total. The maximum absolute atomic E-state index is 12.4. The molecule has 4 heteroatoms. The first kappa shape index (κ1) is 28.6. The minimum Gasteiger partial charge on any atom is -0.494 e. The van der Waals surface area contributed by atoms with Gasteiger partial charge < -0.3 is 9.47 Å². The van der Waals surface area contributed by atoms with Crippen LogP contribution in [0.25, 0.3) is 0 Å². The number of benzene rings is 2. The lowest BCUT2D eigenvalue weighted by molar-refractivity contribution is 0.0474. The summed E-state index contributed by atoms with van der Waals surface area (Å²) in [7, 11) is 0. The van der Waals surface area contributed by atoms with E-state index in [0.717, 1.165) is 25.0 Å². The van der Waals surface area contributed by atoms with Crippen LogP contribution in [0.15, 0.2) is 48.5 Å². The lowest BCUT2D eigenvalue weighted by atomic mass is 10.0. The minimum atomic E-state index is -0.471. The molecule has 0 fully saturated rings. The molecule has 0 saturated carbocycles. The molecule has 4 nitrogen and oxygen atoms in total. The van der Waals surface area contributed by atoms with Crippen molar-refractivity contribution in [3.05, 3.63) is 65.2 Å². The number of hydrogen-bond donors (Lipinski definition) is 0. The summed E-state index contributed by atoms with van der Waals surface area (Å²) in [6, 6.07) is 14.6. The molecule has 2 aromatic rings. The molecule has 0 radical (unpaired) electrons. The Hall–Kier alpha value is -2.62. The van der Waals surface area contributed by atoms with Crippen LogP contribution < -0.4 is 4.74 Å². The van der Waals surface area contributed by atoms with Gasteiger partial charge in [-0.3, -0.25) is 4.79 Å². The Bertz CT molecular complexity index is 839. The second-order valence-electron chi connectivity index (χ2n) is 9.35. The fourth-order valence-corrected chi connectivity index (χ4v) is 4.02. The normalized spacial score (nSPS) is 10.8. The number of hydrogen-bond acceptors (Lipinski definition) is 4. The molecule has 0 saturated heterocycles. The van der Waals surface area contributed by atoms with E-state index in [0.29, 0.717) is 17.7 Å². The zero-order valence-corrected chi connectivity index (χ0v) is 21.9. The van der Waals surface area contributed by atoms with E-state index in [9.17, 15) is 9.59 Å². The highest BCUT2D eigenvalue weighted by atomic mass is 16.5. The maximum Gasteiger partial charge on any atom is 0.338 e. The summed E-state index contributed by atoms with van der Waals surface area (Å²) in [5.74, 6) is 0.0676. The molecule has 0 aliphatic heterocycles. The number of carbonyl (C=O) groups is 2. The molecule has 192 valence electrons. The monoisotopic (exact) mass is 480 g/mol. The highest BCUT2D eigenvalue weighted by molar-refractivity contribution is 5.99. The van der Waals surface area contributed by atoms with Crippen molar-refractivity contribution < 1.29 is 19.1 Å². The Morgan fingerprint density at radius 3 is 1.80 bits per heavy atom. The Morgan fingerprint density at radius 2 is 1.17 bits per heavy atom. The highest BCUT2D eigenvalue weighted by Crippen LogP contribution is 2.15. The molecule has 0 bridgehead atoms. The smallest absolute Gasteiger partial charge is 0.338 e. The number of esters is 1. The summed E-state index contributed by atoms with van der Waals surface area (Å²) in [5, 5.41) is 0. The number of unbranched alkanes of at least 4 members (excludes halogenated alkanes) is 10. The fraction of sp³-hybridized carbons (Fsp3) is 0.548. The maximum atomic E-state index is 12.4. The molecule has 0 spiro atoms. The van der Waals surface area contributed by atoms with Crippen LogP contribution in [0.1, 0.15) is 117 Å². The third-order valence-electron chi connectivity index (χ3n) is 6.29. The standard InChI is InChI=1S/C31H44O4/c1-3-5-7-9-10-11-12-14-24-34-29-22-20-27(21-23-29)30(32)25-35-31(33)28-18-16-26(17-19-28)15-13-8-6-4-2/h16-23H,3-15,24-25H2,1-2H3. The van der Waals surface area contributed by atoms with Crippen molar-refractivity contribution in [2.24, 2.45) is 0 Å². The largest absolute Gasteiger partial charge is 0.494 e. The molecule has 2 rings (SSSR count). The van der Waals surface area contributed by atoms with E-state index < -0.39 is 5.97 Å². The quantitative estimate of drug-likeness (QED) is 0.115. The summed E-state index contributed by atoms with van der Waals surface area (Å²) in [4.78, 5) is 24.7. The first-order chi connectivity index (χ1) is 17.1. The van der Waals surface area contributed by atoms with Gasteiger partial charge in [0, 0.05) is 5.56 Å². The van der Waals surface area contributed by atoms with Crippen molar-refractivity contribution in [1.29, 1.82) is 0 Å². The molecule has 35 heavy (non-hydrogen) atoms. The Morgan fingerprint density at radius 1 is 0.629 bits per heavy atom. The van der Waals surface area contributed by atoms with E-state index >= 15 is 0 Å². The van der Waals surface area contributed by atoms with Gasteiger partial charge in [0.15, 0.2) is 12.4 Å². The first-order valence-electron chi connectivity index (χ1n) is 13.7. The van der Waals surface area contributed by atoms with Crippen molar-refractivity contribution >= 4 is 11.8 Å². The van der Waals surface area contributed by atoms with Gasteiger partial charge in [-0.15, -0.1) is 0 Å². The molecule has 2 aromatic carbocycles. The van der Waals surface area contributed by atoms with E-state index in [4.69, 9.17) is 9.47 Å². The van der Waals surface area contributed by atoms with Gasteiger partial charge in [0.1, 0.15) is 5.75 Å². The molecule has 0 atom stereocenters. The molecular formula is C31H44O4. The van der Waals surface area contributed by atoms with Crippen LogP contribution in [0.3, 0.4) is 0 Å². The number of aryl methyl sites for hydroxylation is 1. The second kappa shape index (κ2) is 17.8. The zero-order chi connectivity index (χ0) is 25.1. The molecule has 0 heterocycles. The van der Waals surface area contributed by atoms with Gasteiger partial charge in [0.2, 0.25) is 0 Å². The lowest BCUT2D eigenvalue weighted by Crippen LogP contribution is -2.14. The van der Waals surface area contributed by atoms with Crippen molar-refractivity contribution in [3.8, 4) is 5.75 Å². The van der Waals surface area contributed by atoms with E-state index in [-0.39, 0.29) is 12.4 Å². The van der Waals surface area contributed by atoms with Crippen molar-refractivity contribution in [2.75, 3.05) is 13.2 Å². The summed E-state index contributed by atoms with van der Waals surface area (Å²) in [5.41, 5.74) is 2.21. The number of carbonyl (C=O) groups excluding carboxylic acids is 2. The predicted molar refractivity (Wildman–Crippen MR) is 143 cm³/mol. The summed E-state index contributed by atoms with van der Waals surface area (Å²) in [6.07, 6.45) is 16.0. The van der Waals surface area contributed by atoms with Gasteiger partial charge in [-0.1, -0.05) is 90.2 Å². The first-order valence-corrected chi connectivity index (χ1v) is 13.7. The topological polar surface area (TPSA) is 52.6 Å². The third kappa shape index (κ3) is 12.1. The van der Waals surface area contributed by atoms with Crippen LogP contribution in [0.4, 0.5) is 0 Å². The molecular weight excluding hydrogens is 436 g/mol. The summed E-state index contributed by atoms with van der Waals surface area (Å²) in [6.45, 7) is 4.87. The van der Waals surface area contributed by atoms with Gasteiger partial charge in [0.05, 0.1) is 12.2 Å². The van der Waals surface area contributed by atoms with Gasteiger partial charge >= 0.3 is 5.97 Å². The summed E-state index contributed by atoms with van der Waals surface area (Å²) >= 11 is 0. The average molecular weight is 481 g/mol. The predicted octanol–water partition coefficient (Wildman–Crippen LogP) is 8.37. The molecule has 0 amide bonds. The SMILES string of the molecule is CCCCCCCCCCOc1ccc(C(=O)COC(=O)c2ccc(CCCCCC)cc2)cc1. The Kier molecular flexibility index (Phi) is 14.5. The van der Waals surface area contributed by atoms with Gasteiger partial charge in [0.25, 0.3) is 0 Å². The average Bonchev–Trinajstić information content (AvgIpc) is 2.89. The molecule has 0 aromatic heterocycles. The fourth-order valence-electron chi connectivity index (χ4n) is 4.02. The molecule has 0 aliphatic rings. The second-order valence-corrected chi connectivity index (χ2v) is 9.35. The molecule has 0 aliphatic carbocycles. The number of Topliss-reactive ketones (excluding diaryl/α,β-unsaturated/α-hetero) is 1. The van der Waals surface area contributed by atoms with Crippen LogP contribution >= 0.6 is 0 Å². The van der Waals surface area contributed by atoms with E-state index in [2.05, 4.69) is 13.8 Å². The number of ketones is 1. The Balaban J connectivity index is 1.64. The third-order valence-corrected chi connectivity index (χ3v) is 6.29. The summed E-state index contributed by atoms with van der Waals surface area (Å²) < 4.78 is 11.0. The van der Waals surface area contributed by atoms with Gasteiger partial charge in [-0.05, 0) is 61.2 Å². The minimum absolute atomic E-state index is 0.222. The van der Waals surface area contributed by atoms with Gasteiger partial charge in [-0.25, -0.2) is 4.79 Å². The van der Waals surface area contributed by atoms with Crippen LogP contribution in [-0.4, -0.2) is 25.0 Å². The highest BCUT2D eigenvalue weighted by Gasteiger charge is 2.12. The van der Waals surface area contributed by atoms with Crippen LogP contribution in [0.2, 0.25) is 0 Å². The number of rotatable bonds is 19. The molecule has 0 unspecified atom stereocenters. The zero-order valence-electron chi connectivity index (χ0n) is 21.9. The van der Waals surface area contributed by atoms with Crippen molar-refractivity contribution in [3.63, 3.8) is 0 Å². The van der Waals surface area contributed by atoms with Gasteiger partial charge in [-0.2, -0.15) is 0 Å². The lowest BCUT2D eigenvalue weighted by Gasteiger charge is -2.08. The van der Waals surface area contributed by atoms with Crippen LogP contribution in [0, 0.1) is 0 Å². The van der Waals surface area contributed by atoms with Crippen LogP contribution in [0.5, 0.6) is 5.75 Å². The van der Waals surface area contributed by atoms with Crippen LogP contribution in [-0.2, 0) is 11.2 Å². The Labute approximate surface area is 212 Å². The van der Waals surface area contributed by atoms with Crippen molar-refractivity contribution in [2.45, 2.75) is 97.3 Å². The van der Waals surface area contributed by atoms with E-state index in [1.807, 2.05) is 12.1 Å².